The molecule has 2 N–H and O–H groups in total. The van der Waals surface area contributed by atoms with E-state index in [1.807, 2.05) is 38.1 Å². The third kappa shape index (κ3) is 7.39. The molecule has 2 amide bonds. The Morgan fingerprint density at radius 2 is 1.81 bits per heavy atom. The zero-order valence-electron chi connectivity index (χ0n) is 31.2. The number of H-pyrrole nitrogens is 1. The molecule has 280 valence electrons. The van der Waals surface area contributed by atoms with E-state index in [4.69, 9.17) is 4.74 Å². The van der Waals surface area contributed by atoms with Crippen molar-refractivity contribution in [1.29, 1.82) is 0 Å². The van der Waals surface area contributed by atoms with E-state index in [1.165, 1.54) is 11.6 Å². The number of carbonyl (C=O) groups is 2. The first-order valence-corrected chi connectivity index (χ1v) is 19.2. The van der Waals surface area contributed by atoms with E-state index in [0.29, 0.717) is 48.3 Å². The molecule has 0 spiro atoms. The summed E-state index contributed by atoms with van der Waals surface area (Å²) in [6, 6.07) is 21.3. The van der Waals surface area contributed by atoms with Gasteiger partial charge in [0.05, 0.1) is 35.9 Å². The van der Waals surface area contributed by atoms with E-state index in [-0.39, 0.29) is 42.9 Å². The smallest absolute Gasteiger partial charge is 0.237 e. The summed E-state index contributed by atoms with van der Waals surface area (Å²) in [6.07, 6.45) is 8.32. The number of nitrogens with one attached hydrogen (secondary N) is 2. The fourth-order valence-corrected chi connectivity index (χ4v) is 8.73. The lowest BCUT2D eigenvalue weighted by Crippen LogP contribution is -2.46. The first-order chi connectivity index (χ1) is 26.1. The predicted molar refractivity (Wildman–Crippen MR) is 207 cm³/mol. The van der Waals surface area contributed by atoms with Gasteiger partial charge in [-0.2, -0.15) is 5.10 Å². The number of nitrogens with zero attached hydrogens (tertiary/aromatic N) is 5. The van der Waals surface area contributed by atoms with Gasteiger partial charge < -0.3 is 15.0 Å². The van der Waals surface area contributed by atoms with Crippen LogP contribution in [0.1, 0.15) is 63.0 Å². The highest BCUT2D eigenvalue weighted by Gasteiger charge is 2.47. The highest BCUT2D eigenvalue weighted by Crippen LogP contribution is 2.42. The van der Waals surface area contributed by atoms with E-state index in [1.54, 1.807) is 31.5 Å². The molecule has 3 aromatic carbocycles. The maximum absolute atomic E-state index is 14.2. The minimum atomic E-state index is -0.812. The van der Waals surface area contributed by atoms with Gasteiger partial charge in [-0.3, -0.25) is 19.6 Å². The molecule has 4 atom stereocenters. The van der Waals surface area contributed by atoms with Crippen LogP contribution in [0.5, 0.6) is 0 Å². The van der Waals surface area contributed by atoms with Crippen LogP contribution in [0.2, 0.25) is 0 Å². The first-order valence-electron chi connectivity index (χ1n) is 19.2. The highest BCUT2D eigenvalue weighted by molar-refractivity contribution is 6.00. The summed E-state index contributed by atoms with van der Waals surface area (Å²) < 4.78 is 20.1. The molecule has 3 aliphatic rings. The first kappa shape index (κ1) is 36.0. The van der Waals surface area contributed by atoms with Gasteiger partial charge >= 0.3 is 0 Å². The van der Waals surface area contributed by atoms with Gasteiger partial charge in [0.2, 0.25) is 11.8 Å². The molecule has 3 fully saturated rings. The molecule has 54 heavy (non-hydrogen) atoms. The van der Waals surface area contributed by atoms with Crippen molar-refractivity contribution >= 4 is 28.4 Å². The third-order valence-corrected chi connectivity index (χ3v) is 11.7. The van der Waals surface area contributed by atoms with Crippen LogP contribution in [0, 0.1) is 24.1 Å². The summed E-state index contributed by atoms with van der Waals surface area (Å²) in [5, 5.41) is 11.6. The zero-order valence-corrected chi connectivity index (χ0v) is 31.2. The Morgan fingerprint density at radius 3 is 2.59 bits per heavy atom. The minimum absolute atomic E-state index is 0.0435. The maximum atomic E-state index is 14.2. The van der Waals surface area contributed by atoms with Crippen LogP contribution in [0.4, 0.5) is 10.1 Å². The van der Waals surface area contributed by atoms with Crippen molar-refractivity contribution in [2.45, 2.75) is 70.9 Å². The van der Waals surface area contributed by atoms with Crippen molar-refractivity contribution in [3.63, 3.8) is 0 Å². The quantitative estimate of drug-likeness (QED) is 0.154. The largest absolute Gasteiger partial charge is 0.378 e. The molecule has 0 radical (unpaired) electrons. The number of aryl methyl sites for hydroxylation is 1. The summed E-state index contributed by atoms with van der Waals surface area (Å²) in [7, 11) is 0. The molecule has 11 heteroatoms. The number of rotatable bonds is 10. The Hall–Kier alpha value is -5.00. The number of ether oxygens (including phenoxy) is 1. The van der Waals surface area contributed by atoms with E-state index in [2.05, 4.69) is 59.5 Å². The number of likely N-dealkylation sites (tertiary alicyclic amines) is 2. The van der Waals surface area contributed by atoms with Crippen molar-refractivity contribution in [3.05, 3.63) is 96.1 Å². The second kappa shape index (κ2) is 15.0. The number of benzene rings is 3. The van der Waals surface area contributed by atoms with Gasteiger partial charge in [-0.15, -0.1) is 0 Å². The van der Waals surface area contributed by atoms with Crippen molar-refractivity contribution in [2.75, 3.05) is 38.1 Å². The van der Waals surface area contributed by atoms with Crippen molar-refractivity contribution < 1.29 is 18.7 Å². The molecule has 4 unspecified atom stereocenters. The fourth-order valence-electron chi connectivity index (χ4n) is 8.73. The number of hydrogen-bond acceptors (Lipinski definition) is 7. The number of hydrogen-bond donors (Lipinski definition) is 2. The van der Waals surface area contributed by atoms with Gasteiger partial charge in [0.25, 0.3) is 0 Å². The molecule has 8 rings (SSSR count). The second-order valence-electron chi connectivity index (χ2n) is 15.9. The van der Waals surface area contributed by atoms with Crippen LogP contribution in [0.15, 0.2) is 79.1 Å². The van der Waals surface area contributed by atoms with Gasteiger partial charge in [0, 0.05) is 53.7 Å². The summed E-state index contributed by atoms with van der Waals surface area (Å²) in [4.78, 5) is 41.3. The monoisotopic (exact) mass is 729 g/mol. The van der Waals surface area contributed by atoms with Gasteiger partial charge in [-0.1, -0.05) is 24.3 Å². The lowest BCUT2D eigenvalue weighted by molar-refractivity contribution is -0.135. The standard InChI is InChI=1S/C43H48FN7O3/c1-27(2)54-26-43(42(53)47-34-12-14-38-36(22-34)40(49-48-38)33-11-13-37(44)28(3)19-33)15-18-50(25-43)24-39(52)51-23-29-5-6-32(21-35(51)20-29)30-7-9-31(10-8-30)41-45-16-4-17-46-41/h4,7-14,16-17,19,22,27,29,32,35H,5-6,15,18,20-21,23-26H2,1-3H3,(H,47,53)(H,48,49). The number of amides is 2. The number of carbonyl (C=O) groups excluding carboxylic acids is 2. The summed E-state index contributed by atoms with van der Waals surface area (Å²) >= 11 is 0. The Labute approximate surface area is 315 Å². The van der Waals surface area contributed by atoms with Crippen molar-refractivity contribution in [3.8, 4) is 22.6 Å². The summed E-state index contributed by atoms with van der Waals surface area (Å²) in [5.74, 6) is 1.40. The second-order valence-corrected chi connectivity index (χ2v) is 15.9. The average molecular weight is 730 g/mol. The number of aromatic amines is 1. The molecule has 4 heterocycles. The van der Waals surface area contributed by atoms with E-state index < -0.39 is 5.41 Å². The molecule has 5 aromatic rings. The summed E-state index contributed by atoms with van der Waals surface area (Å²) in [5.41, 5.74) is 4.99. The van der Waals surface area contributed by atoms with Crippen LogP contribution in [0.3, 0.4) is 0 Å². The van der Waals surface area contributed by atoms with Crippen LogP contribution in [-0.2, 0) is 14.3 Å². The van der Waals surface area contributed by atoms with E-state index in [0.717, 1.165) is 60.1 Å². The van der Waals surface area contributed by atoms with Crippen molar-refractivity contribution in [2.24, 2.45) is 11.3 Å². The minimum Gasteiger partial charge on any atom is -0.378 e. The number of anilines is 1. The predicted octanol–water partition coefficient (Wildman–Crippen LogP) is 7.37. The highest BCUT2D eigenvalue weighted by atomic mass is 19.1. The Kier molecular flexibility index (Phi) is 10.0. The molecule has 1 aliphatic carbocycles. The lowest BCUT2D eigenvalue weighted by atomic mass is 9.86. The molecule has 10 nitrogen and oxygen atoms in total. The normalized spacial score (nSPS) is 22.9. The maximum Gasteiger partial charge on any atom is 0.237 e. The van der Waals surface area contributed by atoms with Crippen LogP contribution in [0.25, 0.3) is 33.5 Å². The van der Waals surface area contributed by atoms with Gasteiger partial charge in [-0.05, 0) is 125 Å². The molecule has 1 saturated carbocycles. The number of fused-ring (bicyclic) bond motifs is 3. The molecular weight excluding hydrogens is 682 g/mol. The van der Waals surface area contributed by atoms with E-state index in [9.17, 15) is 14.0 Å². The Bertz CT molecular complexity index is 2140. The molecule has 2 saturated heterocycles. The molecule has 2 bridgehead atoms. The van der Waals surface area contributed by atoms with Crippen LogP contribution in [-0.4, -0.2) is 86.7 Å². The fraction of sp³-hybridized carbons (Fsp3) is 0.419. The van der Waals surface area contributed by atoms with Gasteiger partial charge in [-0.25, -0.2) is 14.4 Å². The molecule has 2 aliphatic heterocycles. The van der Waals surface area contributed by atoms with E-state index >= 15 is 0 Å². The SMILES string of the molecule is Cc1cc(-c2n[nH]c3ccc(NC(=O)C4(COC(C)C)CCN(CC(=O)N5CC6CCC(c7ccc(-c8ncccn8)cc7)CC5C6)C4)cc23)ccc1F. The van der Waals surface area contributed by atoms with Gasteiger partial charge in [0.15, 0.2) is 5.82 Å². The number of aromatic nitrogens is 4. The van der Waals surface area contributed by atoms with Crippen molar-refractivity contribution in [1.82, 2.24) is 30.0 Å². The average Bonchev–Trinajstić information content (AvgIpc) is 3.87. The Balaban J connectivity index is 0.937. The van der Waals surface area contributed by atoms with Crippen LogP contribution < -0.4 is 5.32 Å². The van der Waals surface area contributed by atoms with Gasteiger partial charge in [0.1, 0.15) is 5.82 Å². The number of halogens is 1. The Morgan fingerprint density at radius 1 is 1.02 bits per heavy atom. The zero-order chi connectivity index (χ0) is 37.4. The third-order valence-electron chi connectivity index (χ3n) is 11.7. The lowest BCUT2D eigenvalue weighted by Gasteiger charge is -2.32. The molecule has 2 aromatic heterocycles. The topological polar surface area (TPSA) is 116 Å². The summed E-state index contributed by atoms with van der Waals surface area (Å²) in [6.45, 7) is 8.12. The van der Waals surface area contributed by atoms with Crippen LogP contribution >= 0.6 is 0 Å². The molecular formula is C43H48FN7O3.